The van der Waals surface area contributed by atoms with E-state index in [0.29, 0.717) is 0 Å². The maximum atomic E-state index is 2.45. The van der Waals surface area contributed by atoms with E-state index in [0.717, 1.165) is 0 Å². The number of hydrogen-bond donors (Lipinski definition) is 0. The minimum Gasteiger partial charge on any atom is -0.316 e. The van der Waals surface area contributed by atoms with Gasteiger partial charge < -0.3 is 9.13 Å². The molecule has 2 heteroatoms. The molecule has 10 rings (SSSR count). The molecule has 0 bridgehead atoms. The van der Waals surface area contributed by atoms with Gasteiger partial charge in [0, 0.05) is 33.7 Å². The molecule has 0 saturated carbocycles. The van der Waals surface area contributed by atoms with E-state index in [4.69, 9.17) is 0 Å². The van der Waals surface area contributed by atoms with E-state index in [1.165, 1.54) is 87.5 Å². The second kappa shape index (κ2) is 9.69. The van der Waals surface area contributed by atoms with Crippen molar-refractivity contribution < 1.29 is 0 Å². The maximum Gasteiger partial charge on any atom is 0.0628 e. The Morgan fingerprint density at radius 1 is 0.348 bits per heavy atom. The van der Waals surface area contributed by atoms with Crippen molar-refractivity contribution in [1.82, 2.24) is 9.13 Å². The summed E-state index contributed by atoms with van der Waals surface area (Å²) in [6, 6.07) is 59.8. The molecule has 0 unspecified atom stereocenters. The van der Waals surface area contributed by atoms with Crippen LogP contribution in [0.5, 0.6) is 0 Å². The third kappa shape index (κ3) is 3.59. The van der Waals surface area contributed by atoms with Crippen LogP contribution in [-0.4, -0.2) is 9.13 Å². The highest BCUT2D eigenvalue weighted by Gasteiger charge is 2.18. The minimum absolute atomic E-state index is 1.17. The Labute approximate surface area is 266 Å². The van der Waals surface area contributed by atoms with Crippen LogP contribution in [0.4, 0.5) is 0 Å². The molecular formula is C44H28N2. The number of benzene rings is 8. The van der Waals surface area contributed by atoms with Crippen LogP contribution in [0.25, 0.3) is 87.5 Å². The topological polar surface area (TPSA) is 9.86 Å². The molecule has 0 aliphatic rings. The molecule has 2 heterocycles. The predicted octanol–water partition coefficient (Wildman–Crippen LogP) is 11.9. The van der Waals surface area contributed by atoms with Gasteiger partial charge in [0.2, 0.25) is 0 Å². The normalized spacial score (nSPS) is 11.9. The van der Waals surface area contributed by atoms with Crippen LogP contribution in [0.1, 0.15) is 0 Å². The summed E-state index contributed by atoms with van der Waals surface area (Å²) in [5.74, 6) is 0. The lowest BCUT2D eigenvalue weighted by Gasteiger charge is -2.15. The fraction of sp³-hybridized carbons (Fsp3) is 0. The van der Waals surface area contributed by atoms with Crippen LogP contribution in [0.2, 0.25) is 0 Å². The van der Waals surface area contributed by atoms with Crippen LogP contribution in [0, 0.1) is 0 Å². The standard InChI is InChI=1S/C44H28N2/c1-3-11-29(12-4-1)31-19-22-36-37-23-21-33(28-40(37)35-16-8-7-15-34(35)39(36)27-31)46-41-18-10-9-17-38(41)43-42(46)24-20-30-25-26-45(44(30)43)32-13-5-2-6-14-32/h1-28H. The molecule has 2 nitrogen and oxygen atoms in total. The van der Waals surface area contributed by atoms with E-state index in [-0.39, 0.29) is 0 Å². The largest absolute Gasteiger partial charge is 0.316 e. The summed E-state index contributed by atoms with van der Waals surface area (Å²) >= 11 is 0. The van der Waals surface area contributed by atoms with Crippen molar-refractivity contribution in [2.24, 2.45) is 0 Å². The number of nitrogens with zero attached hydrogens (tertiary/aromatic N) is 2. The number of hydrogen-bond acceptors (Lipinski definition) is 0. The Bertz CT molecular complexity index is 2760. The van der Waals surface area contributed by atoms with Crippen LogP contribution in [0.15, 0.2) is 170 Å². The lowest BCUT2D eigenvalue weighted by molar-refractivity contribution is 1.13. The fourth-order valence-corrected chi connectivity index (χ4v) is 7.66. The van der Waals surface area contributed by atoms with E-state index in [2.05, 4.69) is 179 Å². The second-order valence-electron chi connectivity index (χ2n) is 12.2. The zero-order valence-electron chi connectivity index (χ0n) is 25.1. The molecule has 0 atom stereocenters. The molecule has 214 valence electrons. The molecule has 46 heavy (non-hydrogen) atoms. The molecule has 0 spiro atoms. The summed E-state index contributed by atoms with van der Waals surface area (Å²) < 4.78 is 4.78. The molecule has 0 amide bonds. The van der Waals surface area contributed by atoms with Crippen molar-refractivity contribution in [3.63, 3.8) is 0 Å². The first-order valence-corrected chi connectivity index (χ1v) is 15.9. The maximum absolute atomic E-state index is 2.45. The summed E-state index contributed by atoms with van der Waals surface area (Å²) in [6.45, 7) is 0. The average molecular weight is 585 g/mol. The van der Waals surface area contributed by atoms with E-state index in [9.17, 15) is 0 Å². The van der Waals surface area contributed by atoms with E-state index in [1.54, 1.807) is 0 Å². The number of aromatic nitrogens is 2. The highest BCUT2D eigenvalue weighted by Crippen LogP contribution is 2.41. The van der Waals surface area contributed by atoms with Crippen LogP contribution in [0.3, 0.4) is 0 Å². The first-order valence-electron chi connectivity index (χ1n) is 15.9. The monoisotopic (exact) mass is 584 g/mol. The predicted molar refractivity (Wildman–Crippen MR) is 196 cm³/mol. The lowest BCUT2D eigenvalue weighted by Crippen LogP contribution is -1.95. The highest BCUT2D eigenvalue weighted by molar-refractivity contribution is 6.26. The molecule has 8 aromatic carbocycles. The summed E-state index contributed by atoms with van der Waals surface area (Å²) in [5.41, 5.74) is 8.48. The fourth-order valence-electron chi connectivity index (χ4n) is 7.66. The van der Waals surface area contributed by atoms with Gasteiger partial charge in [-0.1, -0.05) is 115 Å². The Morgan fingerprint density at radius 2 is 0.978 bits per heavy atom. The van der Waals surface area contributed by atoms with Crippen molar-refractivity contribution in [1.29, 1.82) is 0 Å². The van der Waals surface area contributed by atoms with Gasteiger partial charge in [0.1, 0.15) is 0 Å². The van der Waals surface area contributed by atoms with Gasteiger partial charge in [-0.05, 0) is 92.0 Å². The van der Waals surface area contributed by atoms with Crippen LogP contribution >= 0.6 is 0 Å². The van der Waals surface area contributed by atoms with Gasteiger partial charge in [-0.3, -0.25) is 0 Å². The van der Waals surface area contributed by atoms with Crippen molar-refractivity contribution >= 4 is 65.0 Å². The Hall–Kier alpha value is -6.12. The molecule has 2 aromatic heterocycles. The third-order valence-electron chi connectivity index (χ3n) is 9.71. The minimum atomic E-state index is 1.17. The van der Waals surface area contributed by atoms with Gasteiger partial charge >= 0.3 is 0 Å². The van der Waals surface area contributed by atoms with Gasteiger partial charge in [-0.15, -0.1) is 0 Å². The van der Waals surface area contributed by atoms with E-state index >= 15 is 0 Å². The van der Waals surface area contributed by atoms with E-state index < -0.39 is 0 Å². The number of para-hydroxylation sites is 2. The van der Waals surface area contributed by atoms with Crippen molar-refractivity contribution in [3.05, 3.63) is 170 Å². The Kier molecular flexibility index (Phi) is 5.31. The Balaban J connectivity index is 1.27. The zero-order chi connectivity index (χ0) is 30.2. The molecule has 0 N–H and O–H groups in total. The van der Waals surface area contributed by atoms with Gasteiger partial charge in [0.15, 0.2) is 0 Å². The molecule has 0 saturated heterocycles. The van der Waals surface area contributed by atoms with Gasteiger partial charge in [-0.2, -0.15) is 0 Å². The average Bonchev–Trinajstić information content (AvgIpc) is 3.71. The molecular weight excluding hydrogens is 556 g/mol. The number of fused-ring (bicyclic) bond motifs is 11. The summed E-state index contributed by atoms with van der Waals surface area (Å²) in [7, 11) is 0. The van der Waals surface area contributed by atoms with Gasteiger partial charge in [-0.25, -0.2) is 0 Å². The molecule has 0 aliphatic carbocycles. The van der Waals surface area contributed by atoms with Crippen LogP contribution < -0.4 is 0 Å². The quantitative estimate of drug-likeness (QED) is 0.183. The second-order valence-corrected chi connectivity index (χ2v) is 12.2. The van der Waals surface area contributed by atoms with E-state index in [1.807, 2.05) is 0 Å². The zero-order valence-corrected chi connectivity index (χ0v) is 25.1. The summed E-state index contributed by atoms with van der Waals surface area (Å²) in [6.07, 6.45) is 2.20. The van der Waals surface area contributed by atoms with Crippen molar-refractivity contribution in [2.45, 2.75) is 0 Å². The molecule has 10 aromatic rings. The lowest BCUT2D eigenvalue weighted by atomic mass is 9.92. The number of rotatable bonds is 3. The highest BCUT2D eigenvalue weighted by atomic mass is 15.0. The van der Waals surface area contributed by atoms with Crippen molar-refractivity contribution in [3.8, 4) is 22.5 Å². The van der Waals surface area contributed by atoms with Crippen LogP contribution in [-0.2, 0) is 0 Å². The van der Waals surface area contributed by atoms with Gasteiger partial charge in [0.05, 0.1) is 16.6 Å². The van der Waals surface area contributed by atoms with Crippen molar-refractivity contribution in [2.75, 3.05) is 0 Å². The molecule has 0 fully saturated rings. The first-order chi connectivity index (χ1) is 22.8. The summed E-state index contributed by atoms with van der Waals surface area (Å²) in [4.78, 5) is 0. The first kappa shape index (κ1) is 25.2. The Morgan fingerprint density at radius 3 is 1.76 bits per heavy atom. The third-order valence-corrected chi connectivity index (χ3v) is 9.71. The smallest absolute Gasteiger partial charge is 0.0628 e. The molecule has 0 aliphatic heterocycles. The summed E-state index contributed by atoms with van der Waals surface area (Å²) in [5, 5.41) is 11.5. The molecule has 0 radical (unpaired) electrons. The SMILES string of the molecule is c1ccc(-c2ccc3c4ccc(-n5c6ccccc6c6c7c(ccc65)ccn7-c5ccccc5)cc4c4ccccc4c3c2)cc1. The van der Waals surface area contributed by atoms with Gasteiger partial charge in [0.25, 0.3) is 0 Å².